The van der Waals surface area contributed by atoms with Crippen LogP contribution in [0.25, 0.3) is 0 Å². The second-order valence-corrected chi connectivity index (χ2v) is 6.59. The first-order chi connectivity index (χ1) is 9.49. The number of carbonyl (C=O) groups is 2. The SMILES string of the molecule is CC1=C(C)C[C@@H]2C(=O)N(c3cccc(Br)c3)C(=O)[C@H]2C1. The first kappa shape index (κ1) is 13.6. The van der Waals surface area contributed by atoms with Gasteiger partial charge in [0.25, 0.3) is 0 Å². The molecule has 2 aliphatic rings. The van der Waals surface area contributed by atoms with Crippen molar-refractivity contribution < 1.29 is 9.59 Å². The van der Waals surface area contributed by atoms with Crippen LogP contribution in [0.1, 0.15) is 26.7 Å². The zero-order valence-corrected chi connectivity index (χ0v) is 13.1. The van der Waals surface area contributed by atoms with Crippen molar-refractivity contribution in [3.63, 3.8) is 0 Å². The Hall–Kier alpha value is -1.42. The number of anilines is 1. The van der Waals surface area contributed by atoms with Gasteiger partial charge >= 0.3 is 0 Å². The molecule has 0 unspecified atom stereocenters. The quantitative estimate of drug-likeness (QED) is 0.580. The molecule has 4 heteroatoms. The number of benzene rings is 1. The first-order valence-corrected chi connectivity index (χ1v) is 7.57. The minimum atomic E-state index is -0.176. The number of hydrogen-bond acceptors (Lipinski definition) is 2. The molecule has 3 rings (SSSR count). The van der Waals surface area contributed by atoms with Crippen LogP contribution < -0.4 is 4.90 Å². The normalized spacial score (nSPS) is 26.2. The smallest absolute Gasteiger partial charge is 0.238 e. The number of carbonyl (C=O) groups excluding carboxylic acids is 2. The number of hydrogen-bond donors (Lipinski definition) is 0. The van der Waals surface area contributed by atoms with Gasteiger partial charge in [0, 0.05) is 4.47 Å². The molecule has 104 valence electrons. The predicted molar refractivity (Wildman–Crippen MR) is 81.2 cm³/mol. The average Bonchev–Trinajstić information content (AvgIpc) is 2.63. The van der Waals surface area contributed by atoms with Gasteiger partial charge in [-0.25, -0.2) is 4.90 Å². The summed E-state index contributed by atoms with van der Waals surface area (Å²) in [5.74, 6) is -0.453. The van der Waals surface area contributed by atoms with E-state index in [1.54, 1.807) is 0 Å². The molecule has 1 saturated heterocycles. The highest BCUT2D eigenvalue weighted by Crippen LogP contribution is 2.42. The van der Waals surface area contributed by atoms with E-state index in [0.29, 0.717) is 18.5 Å². The van der Waals surface area contributed by atoms with Crippen LogP contribution in [0.15, 0.2) is 39.9 Å². The molecule has 2 amide bonds. The summed E-state index contributed by atoms with van der Waals surface area (Å²) in [4.78, 5) is 26.5. The van der Waals surface area contributed by atoms with Gasteiger partial charge in [-0.15, -0.1) is 0 Å². The Kier molecular flexibility index (Phi) is 3.28. The highest BCUT2D eigenvalue weighted by atomic mass is 79.9. The molecule has 1 heterocycles. The third kappa shape index (κ3) is 2.03. The zero-order valence-electron chi connectivity index (χ0n) is 11.5. The molecule has 3 nitrogen and oxygen atoms in total. The van der Waals surface area contributed by atoms with E-state index in [0.717, 1.165) is 4.47 Å². The summed E-state index contributed by atoms with van der Waals surface area (Å²) in [7, 11) is 0. The maximum absolute atomic E-state index is 12.6. The van der Waals surface area contributed by atoms with Crippen LogP contribution in [-0.2, 0) is 9.59 Å². The Morgan fingerprint density at radius 1 is 1.05 bits per heavy atom. The lowest BCUT2D eigenvalue weighted by molar-refractivity contribution is -0.122. The Morgan fingerprint density at radius 3 is 2.10 bits per heavy atom. The summed E-state index contributed by atoms with van der Waals surface area (Å²) < 4.78 is 0.871. The van der Waals surface area contributed by atoms with Gasteiger partial charge in [0.2, 0.25) is 11.8 Å². The summed E-state index contributed by atoms with van der Waals surface area (Å²) in [5.41, 5.74) is 3.17. The molecule has 0 radical (unpaired) electrons. The second-order valence-electron chi connectivity index (χ2n) is 5.67. The fourth-order valence-electron chi connectivity index (χ4n) is 3.12. The second kappa shape index (κ2) is 4.85. The molecule has 1 aromatic carbocycles. The Labute approximate surface area is 126 Å². The molecule has 1 aromatic rings. The van der Waals surface area contributed by atoms with Gasteiger partial charge in [-0.3, -0.25) is 9.59 Å². The number of amides is 2. The van der Waals surface area contributed by atoms with Crippen LogP contribution >= 0.6 is 15.9 Å². The Morgan fingerprint density at radius 2 is 1.60 bits per heavy atom. The third-order valence-corrected chi connectivity index (χ3v) is 4.90. The van der Waals surface area contributed by atoms with Crippen molar-refractivity contribution in [1.82, 2.24) is 0 Å². The van der Waals surface area contributed by atoms with Crippen LogP contribution in [0.4, 0.5) is 5.69 Å². The highest BCUT2D eigenvalue weighted by Gasteiger charge is 2.49. The fourth-order valence-corrected chi connectivity index (χ4v) is 3.51. The third-order valence-electron chi connectivity index (χ3n) is 4.41. The molecule has 1 fully saturated rings. The molecular weight excluding hydrogens is 318 g/mol. The van der Waals surface area contributed by atoms with Crippen molar-refractivity contribution in [2.75, 3.05) is 4.90 Å². The molecule has 2 atom stereocenters. The van der Waals surface area contributed by atoms with E-state index in [1.807, 2.05) is 24.3 Å². The molecule has 0 aromatic heterocycles. The largest absolute Gasteiger partial charge is 0.274 e. The number of fused-ring (bicyclic) bond motifs is 1. The lowest BCUT2D eigenvalue weighted by Gasteiger charge is -2.23. The van der Waals surface area contributed by atoms with Gasteiger partial charge in [0.1, 0.15) is 0 Å². The van der Waals surface area contributed by atoms with Crippen LogP contribution in [0.2, 0.25) is 0 Å². The predicted octanol–water partition coefficient (Wildman–Crippen LogP) is 3.68. The molecular formula is C16H16BrNO2. The number of nitrogens with zero attached hydrogens (tertiary/aromatic N) is 1. The summed E-state index contributed by atoms with van der Waals surface area (Å²) in [6.07, 6.45) is 1.43. The van der Waals surface area contributed by atoms with E-state index in [1.165, 1.54) is 16.0 Å². The van der Waals surface area contributed by atoms with Crippen molar-refractivity contribution in [3.8, 4) is 0 Å². The summed E-state index contributed by atoms with van der Waals surface area (Å²) in [6, 6.07) is 7.36. The maximum atomic E-state index is 12.6. The first-order valence-electron chi connectivity index (χ1n) is 6.77. The number of rotatable bonds is 1. The summed E-state index contributed by atoms with van der Waals surface area (Å²) >= 11 is 3.39. The van der Waals surface area contributed by atoms with E-state index in [-0.39, 0.29) is 23.7 Å². The van der Waals surface area contributed by atoms with Gasteiger partial charge in [0.05, 0.1) is 17.5 Å². The lowest BCUT2D eigenvalue weighted by atomic mass is 9.78. The topological polar surface area (TPSA) is 37.4 Å². The number of allylic oxidation sites excluding steroid dienone is 2. The van der Waals surface area contributed by atoms with Gasteiger partial charge < -0.3 is 0 Å². The Balaban J connectivity index is 1.98. The van der Waals surface area contributed by atoms with E-state index < -0.39 is 0 Å². The molecule has 0 spiro atoms. The lowest BCUT2D eigenvalue weighted by Crippen LogP contribution is -2.30. The monoisotopic (exact) mass is 333 g/mol. The van der Waals surface area contributed by atoms with E-state index in [4.69, 9.17) is 0 Å². The summed E-state index contributed by atoms with van der Waals surface area (Å²) in [6.45, 7) is 4.12. The van der Waals surface area contributed by atoms with Crippen molar-refractivity contribution in [1.29, 1.82) is 0 Å². The maximum Gasteiger partial charge on any atom is 0.238 e. The highest BCUT2D eigenvalue weighted by molar-refractivity contribution is 9.10. The molecule has 0 N–H and O–H groups in total. The van der Waals surface area contributed by atoms with Crippen molar-refractivity contribution in [2.45, 2.75) is 26.7 Å². The van der Waals surface area contributed by atoms with E-state index in [9.17, 15) is 9.59 Å². The minimum absolute atomic E-state index is 0.0510. The van der Waals surface area contributed by atoms with Crippen molar-refractivity contribution in [3.05, 3.63) is 39.9 Å². The number of halogens is 1. The zero-order chi connectivity index (χ0) is 14.4. The van der Waals surface area contributed by atoms with Crippen LogP contribution in [0, 0.1) is 11.8 Å². The van der Waals surface area contributed by atoms with Crippen LogP contribution in [0.5, 0.6) is 0 Å². The minimum Gasteiger partial charge on any atom is -0.274 e. The summed E-state index contributed by atoms with van der Waals surface area (Å²) in [5, 5.41) is 0. The fraction of sp³-hybridized carbons (Fsp3) is 0.375. The van der Waals surface area contributed by atoms with Crippen LogP contribution in [0.3, 0.4) is 0 Å². The van der Waals surface area contributed by atoms with E-state index >= 15 is 0 Å². The van der Waals surface area contributed by atoms with Crippen molar-refractivity contribution >= 4 is 33.4 Å². The molecule has 0 saturated carbocycles. The molecule has 20 heavy (non-hydrogen) atoms. The van der Waals surface area contributed by atoms with Crippen LogP contribution in [-0.4, -0.2) is 11.8 Å². The van der Waals surface area contributed by atoms with Gasteiger partial charge in [0.15, 0.2) is 0 Å². The molecule has 0 bridgehead atoms. The van der Waals surface area contributed by atoms with Gasteiger partial charge in [-0.05, 0) is 44.9 Å². The average molecular weight is 334 g/mol. The van der Waals surface area contributed by atoms with Gasteiger partial charge in [-0.1, -0.05) is 33.1 Å². The number of imide groups is 1. The molecule has 1 aliphatic carbocycles. The van der Waals surface area contributed by atoms with E-state index in [2.05, 4.69) is 29.8 Å². The Bertz CT molecular complexity index is 603. The van der Waals surface area contributed by atoms with Crippen molar-refractivity contribution in [2.24, 2.45) is 11.8 Å². The molecule has 1 aliphatic heterocycles. The van der Waals surface area contributed by atoms with Gasteiger partial charge in [-0.2, -0.15) is 0 Å². The standard InChI is InChI=1S/C16H16BrNO2/c1-9-6-13-14(7-10(9)2)16(20)18(15(13)19)12-5-3-4-11(17)8-12/h3-5,8,13-14H,6-7H2,1-2H3/t13-,14-/m0/s1.